The van der Waals surface area contributed by atoms with Gasteiger partial charge in [-0.15, -0.1) is 11.3 Å². The van der Waals surface area contributed by atoms with Crippen LogP contribution in [0.25, 0.3) is 21.5 Å². The Morgan fingerprint density at radius 2 is 2.16 bits per heavy atom. The number of hydrogen-bond donors (Lipinski definition) is 1. The summed E-state index contributed by atoms with van der Waals surface area (Å²) in [5.74, 6) is -0.378. The lowest BCUT2D eigenvalue weighted by atomic mass is 10.1. The van der Waals surface area contributed by atoms with Crippen molar-refractivity contribution in [2.24, 2.45) is 0 Å². The molecule has 1 N–H and O–H groups in total. The van der Waals surface area contributed by atoms with Gasteiger partial charge in [-0.2, -0.15) is 0 Å². The number of benzene rings is 1. The molecule has 3 heterocycles. The monoisotopic (exact) mass is 352 g/mol. The number of hydrogen-bond acceptors (Lipinski definition) is 5. The molecule has 4 rings (SSSR count). The molecule has 0 bridgehead atoms. The van der Waals surface area contributed by atoms with Gasteiger partial charge in [0, 0.05) is 10.9 Å². The molecule has 6 nitrogen and oxygen atoms in total. The second kappa shape index (κ2) is 6.03. The van der Waals surface area contributed by atoms with E-state index in [4.69, 9.17) is 9.52 Å². The molecule has 0 amide bonds. The van der Waals surface area contributed by atoms with Crippen LogP contribution >= 0.6 is 11.3 Å². The van der Waals surface area contributed by atoms with E-state index in [9.17, 15) is 9.59 Å². The van der Waals surface area contributed by atoms with E-state index in [1.54, 1.807) is 36.6 Å². The van der Waals surface area contributed by atoms with Gasteiger partial charge in [-0.25, -0.2) is 9.78 Å². The Bertz CT molecular complexity index is 1130. The molecule has 4 aromatic rings. The molecule has 0 aliphatic carbocycles. The molecular weight excluding hydrogens is 340 g/mol. The van der Waals surface area contributed by atoms with Crippen LogP contribution in [-0.2, 0) is 6.54 Å². The molecular formula is C18H12N2O4S. The summed E-state index contributed by atoms with van der Waals surface area (Å²) in [4.78, 5) is 29.0. The van der Waals surface area contributed by atoms with E-state index in [-0.39, 0.29) is 17.7 Å². The highest BCUT2D eigenvalue weighted by Gasteiger charge is 2.15. The summed E-state index contributed by atoms with van der Waals surface area (Å²) in [5, 5.41) is 11.5. The van der Waals surface area contributed by atoms with Crippen molar-refractivity contribution in [1.29, 1.82) is 0 Å². The van der Waals surface area contributed by atoms with Crippen molar-refractivity contribution in [3.8, 4) is 11.3 Å². The fourth-order valence-corrected chi connectivity index (χ4v) is 3.58. The predicted octanol–water partition coefficient (Wildman–Crippen LogP) is 3.46. The van der Waals surface area contributed by atoms with Crippen LogP contribution in [0.15, 0.2) is 63.6 Å². The van der Waals surface area contributed by atoms with Crippen LogP contribution in [0.1, 0.15) is 15.9 Å². The van der Waals surface area contributed by atoms with E-state index in [1.165, 1.54) is 28.3 Å². The van der Waals surface area contributed by atoms with Crippen LogP contribution in [-0.4, -0.2) is 20.6 Å². The van der Waals surface area contributed by atoms with E-state index in [2.05, 4.69) is 4.98 Å². The minimum Gasteiger partial charge on any atom is -0.478 e. The summed E-state index contributed by atoms with van der Waals surface area (Å²) in [6, 6.07) is 10.1. The highest BCUT2D eigenvalue weighted by atomic mass is 32.1. The summed E-state index contributed by atoms with van der Waals surface area (Å²) >= 11 is 1.39. The highest BCUT2D eigenvalue weighted by molar-refractivity contribution is 7.17. The normalized spacial score (nSPS) is 11.0. The maximum Gasteiger partial charge on any atom is 0.335 e. The zero-order valence-corrected chi connectivity index (χ0v) is 13.7. The summed E-state index contributed by atoms with van der Waals surface area (Å²) in [6.45, 7) is 0.246. The smallest absolute Gasteiger partial charge is 0.335 e. The van der Waals surface area contributed by atoms with Crippen molar-refractivity contribution in [2.75, 3.05) is 0 Å². The van der Waals surface area contributed by atoms with Crippen molar-refractivity contribution in [1.82, 2.24) is 9.55 Å². The first-order valence-electron chi connectivity index (χ1n) is 7.46. The molecule has 124 valence electrons. The lowest BCUT2D eigenvalue weighted by molar-refractivity contribution is 0.0696. The Balaban J connectivity index is 1.80. The number of carboxylic acid groups (broad SMARTS) is 1. The Morgan fingerprint density at radius 3 is 2.92 bits per heavy atom. The topological polar surface area (TPSA) is 85.3 Å². The zero-order valence-electron chi connectivity index (χ0n) is 12.9. The largest absolute Gasteiger partial charge is 0.478 e. The van der Waals surface area contributed by atoms with Crippen LogP contribution in [0.4, 0.5) is 0 Å². The number of rotatable bonds is 4. The van der Waals surface area contributed by atoms with Gasteiger partial charge in [0.25, 0.3) is 5.56 Å². The second-order valence-corrected chi connectivity index (χ2v) is 6.35. The van der Waals surface area contributed by atoms with E-state index < -0.39 is 5.97 Å². The summed E-state index contributed by atoms with van der Waals surface area (Å²) in [6.07, 6.45) is 3.05. The predicted molar refractivity (Wildman–Crippen MR) is 94.1 cm³/mol. The third kappa shape index (κ3) is 2.74. The molecule has 0 radical (unpaired) electrons. The molecule has 25 heavy (non-hydrogen) atoms. The summed E-state index contributed by atoms with van der Waals surface area (Å²) in [7, 11) is 0. The number of nitrogens with zero attached hydrogens (tertiary/aromatic N) is 2. The molecule has 0 aliphatic heterocycles. The number of carbonyl (C=O) groups is 1. The third-order valence-electron chi connectivity index (χ3n) is 3.87. The number of carboxylic acids is 1. The maximum absolute atomic E-state index is 12.9. The Hall–Kier alpha value is -3.19. The molecule has 0 fully saturated rings. The average molecular weight is 352 g/mol. The zero-order chi connectivity index (χ0) is 17.4. The van der Waals surface area contributed by atoms with Crippen molar-refractivity contribution in [3.05, 3.63) is 75.8 Å². The van der Waals surface area contributed by atoms with E-state index in [0.29, 0.717) is 16.0 Å². The second-order valence-electron chi connectivity index (χ2n) is 5.49. The fraction of sp³-hybridized carbons (Fsp3) is 0.0556. The SMILES string of the molecule is O=C(O)c1cccc(Cn2cnc3scc(-c4ccco4)c3c2=O)c1. The van der Waals surface area contributed by atoms with Gasteiger partial charge in [-0.05, 0) is 29.8 Å². The van der Waals surface area contributed by atoms with Gasteiger partial charge in [0.1, 0.15) is 10.6 Å². The van der Waals surface area contributed by atoms with E-state index >= 15 is 0 Å². The van der Waals surface area contributed by atoms with Crippen molar-refractivity contribution in [3.63, 3.8) is 0 Å². The van der Waals surface area contributed by atoms with Crippen molar-refractivity contribution >= 4 is 27.5 Å². The van der Waals surface area contributed by atoms with Crippen LogP contribution in [0.3, 0.4) is 0 Å². The molecule has 1 aromatic carbocycles. The first-order valence-corrected chi connectivity index (χ1v) is 8.34. The number of furan rings is 1. The molecule has 0 aliphatic rings. The molecule has 0 atom stereocenters. The first-order chi connectivity index (χ1) is 12.1. The minimum atomic E-state index is -0.999. The van der Waals surface area contributed by atoms with Gasteiger partial charge in [0.2, 0.25) is 0 Å². The number of thiophene rings is 1. The highest BCUT2D eigenvalue weighted by Crippen LogP contribution is 2.30. The van der Waals surface area contributed by atoms with E-state index in [1.807, 2.05) is 5.38 Å². The van der Waals surface area contributed by atoms with Crippen LogP contribution in [0.5, 0.6) is 0 Å². The Labute approximate surface area is 145 Å². The van der Waals surface area contributed by atoms with Crippen molar-refractivity contribution < 1.29 is 14.3 Å². The Kier molecular flexibility index (Phi) is 3.70. The summed E-state index contributed by atoms with van der Waals surface area (Å²) in [5.41, 5.74) is 1.44. The Morgan fingerprint density at radius 1 is 1.28 bits per heavy atom. The molecule has 0 saturated carbocycles. The van der Waals surface area contributed by atoms with Gasteiger partial charge in [0.05, 0.1) is 30.1 Å². The number of aromatic nitrogens is 2. The molecule has 0 unspecified atom stereocenters. The molecule has 7 heteroatoms. The minimum absolute atomic E-state index is 0.182. The standard InChI is InChI=1S/C18H12N2O4S/c21-17-15-13(14-5-2-6-24-14)9-25-16(15)19-10-20(17)8-11-3-1-4-12(7-11)18(22)23/h1-7,9-10H,8H2,(H,22,23). The number of fused-ring (bicyclic) bond motifs is 1. The van der Waals surface area contributed by atoms with Gasteiger partial charge in [-0.1, -0.05) is 12.1 Å². The third-order valence-corrected chi connectivity index (χ3v) is 4.76. The van der Waals surface area contributed by atoms with Gasteiger partial charge in [0.15, 0.2) is 0 Å². The van der Waals surface area contributed by atoms with Crippen LogP contribution in [0, 0.1) is 0 Å². The summed E-state index contributed by atoms with van der Waals surface area (Å²) < 4.78 is 6.88. The fourth-order valence-electron chi connectivity index (χ4n) is 2.69. The number of aromatic carboxylic acids is 1. The van der Waals surface area contributed by atoms with Crippen LogP contribution < -0.4 is 5.56 Å². The van der Waals surface area contributed by atoms with Gasteiger partial charge >= 0.3 is 5.97 Å². The van der Waals surface area contributed by atoms with Crippen LogP contribution in [0.2, 0.25) is 0 Å². The first kappa shape index (κ1) is 15.3. The molecule has 0 spiro atoms. The quantitative estimate of drug-likeness (QED) is 0.608. The molecule has 3 aromatic heterocycles. The van der Waals surface area contributed by atoms with Gasteiger partial charge < -0.3 is 9.52 Å². The maximum atomic E-state index is 12.9. The lowest BCUT2D eigenvalue weighted by Crippen LogP contribution is -2.21. The molecule has 0 saturated heterocycles. The average Bonchev–Trinajstić information content (AvgIpc) is 3.27. The van der Waals surface area contributed by atoms with Crippen molar-refractivity contribution in [2.45, 2.75) is 6.54 Å². The van der Waals surface area contributed by atoms with E-state index in [0.717, 1.165) is 11.1 Å². The van der Waals surface area contributed by atoms with Gasteiger partial charge in [-0.3, -0.25) is 9.36 Å². The lowest BCUT2D eigenvalue weighted by Gasteiger charge is -2.07.